The van der Waals surface area contributed by atoms with E-state index in [0.717, 1.165) is 16.6 Å². The summed E-state index contributed by atoms with van der Waals surface area (Å²) in [6.07, 6.45) is 0.869. The van der Waals surface area contributed by atoms with Crippen molar-refractivity contribution in [3.05, 3.63) is 51.7 Å². The molecule has 0 unspecified atom stereocenters. The van der Waals surface area contributed by atoms with Crippen molar-refractivity contribution in [2.75, 3.05) is 6.54 Å². The van der Waals surface area contributed by atoms with E-state index in [1.807, 2.05) is 35.7 Å². The smallest absolute Gasteiger partial charge is 0.280 e. The topological polar surface area (TPSA) is 42.0 Å². The maximum absolute atomic E-state index is 12.0. The third-order valence-electron chi connectivity index (χ3n) is 2.73. The van der Waals surface area contributed by atoms with Gasteiger partial charge in [0, 0.05) is 11.4 Å². The Balaban J connectivity index is 1.63. The first-order valence-electron chi connectivity index (χ1n) is 5.99. The molecule has 0 radical (unpaired) electrons. The fourth-order valence-corrected chi connectivity index (χ4v) is 3.39. The van der Waals surface area contributed by atoms with Crippen molar-refractivity contribution in [2.24, 2.45) is 0 Å². The molecular weight excluding hydrogens is 276 g/mol. The molecule has 96 valence electrons. The number of fused-ring (bicyclic) bond motifs is 1. The molecule has 0 atom stereocenters. The molecule has 5 heteroatoms. The van der Waals surface area contributed by atoms with Gasteiger partial charge in [0.1, 0.15) is 0 Å². The number of amides is 1. The van der Waals surface area contributed by atoms with Gasteiger partial charge < -0.3 is 5.32 Å². The fraction of sp³-hybridized carbons (Fsp3) is 0.143. The first-order valence-corrected chi connectivity index (χ1v) is 7.69. The van der Waals surface area contributed by atoms with Crippen LogP contribution in [0.25, 0.3) is 10.2 Å². The van der Waals surface area contributed by atoms with E-state index in [0.29, 0.717) is 11.6 Å². The minimum Gasteiger partial charge on any atom is -0.350 e. The minimum atomic E-state index is -0.0854. The lowest BCUT2D eigenvalue weighted by atomic mass is 10.3. The average molecular weight is 288 g/mol. The summed E-state index contributed by atoms with van der Waals surface area (Å²) in [5.74, 6) is -0.0854. The Kier molecular flexibility index (Phi) is 3.57. The van der Waals surface area contributed by atoms with Crippen LogP contribution in [0, 0.1) is 0 Å². The van der Waals surface area contributed by atoms with Gasteiger partial charge in [0.15, 0.2) is 5.01 Å². The number of hydrogen-bond acceptors (Lipinski definition) is 4. The van der Waals surface area contributed by atoms with Gasteiger partial charge in [-0.1, -0.05) is 18.2 Å². The van der Waals surface area contributed by atoms with Crippen LogP contribution in [0.2, 0.25) is 0 Å². The molecule has 3 rings (SSSR count). The second kappa shape index (κ2) is 5.50. The summed E-state index contributed by atoms with van der Waals surface area (Å²) in [5.41, 5.74) is 0.885. The Morgan fingerprint density at radius 3 is 2.89 bits per heavy atom. The number of para-hydroxylation sites is 1. The van der Waals surface area contributed by atoms with Crippen LogP contribution >= 0.6 is 22.7 Å². The molecule has 0 aliphatic rings. The zero-order valence-electron chi connectivity index (χ0n) is 10.1. The molecule has 0 aliphatic carbocycles. The summed E-state index contributed by atoms with van der Waals surface area (Å²) >= 11 is 3.14. The number of nitrogens with one attached hydrogen (secondary N) is 1. The lowest BCUT2D eigenvalue weighted by Gasteiger charge is -2.00. The van der Waals surface area contributed by atoms with Gasteiger partial charge in [-0.25, -0.2) is 4.98 Å². The first-order chi connectivity index (χ1) is 9.33. The van der Waals surface area contributed by atoms with Crippen LogP contribution in [0.1, 0.15) is 14.7 Å². The molecule has 0 saturated heterocycles. The Bertz CT molecular complexity index is 655. The third kappa shape index (κ3) is 2.83. The quantitative estimate of drug-likeness (QED) is 0.800. The van der Waals surface area contributed by atoms with Gasteiger partial charge in [0.2, 0.25) is 0 Å². The lowest BCUT2D eigenvalue weighted by molar-refractivity contribution is 0.0954. The molecule has 0 spiro atoms. The Morgan fingerprint density at radius 2 is 2.11 bits per heavy atom. The zero-order chi connectivity index (χ0) is 13.1. The largest absolute Gasteiger partial charge is 0.350 e. The van der Waals surface area contributed by atoms with Crippen molar-refractivity contribution in [3.8, 4) is 0 Å². The van der Waals surface area contributed by atoms with E-state index in [1.54, 1.807) is 11.3 Å². The number of benzene rings is 1. The fourth-order valence-electron chi connectivity index (χ4n) is 1.80. The zero-order valence-corrected chi connectivity index (χ0v) is 11.8. The van der Waals surface area contributed by atoms with Gasteiger partial charge in [-0.2, -0.15) is 0 Å². The predicted molar refractivity (Wildman–Crippen MR) is 80.0 cm³/mol. The van der Waals surface area contributed by atoms with Gasteiger partial charge in [0.05, 0.1) is 10.2 Å². The van der Waals surface area contributed by atoms with E-state index in [4.69, 9.17) is 0 Å². The van der Waals surface area contributed by atoms with Crippen molar-refractivity contribution in [1.29, 1.82) is 0 Å². The predicted octanol–water partition coefficient (Wildman–Crippen LogP) is 3.33. The molecule has 1 aromatic carbocycles. The Labute approximate surface area is 118 Å². The molecule has 1 N–H and O–H groups in total. The highest BCUT2D eigenvalue weighted by Gasteiger charge is 2.11. The lowest BCUT2D eigenvalue weighted by Crippen LogP contribution is -2.25. The first kappa shape index (κ1) is 12.3. The number of carbonyl (C=O) groups is 1. The summed E-state index contributed by atoms with van der Waals surface area (Å²) in [7, 11) is 0. The number of carbonyl (C=O) groups excluding carboxylic acids is 1. The summed E-state index contributed by atoms with van der Waals surface area (Å²) in [6.45, 7) is 0.648. The molecule has 3 nitrogen and oxygen atoms in total. The second-order valence-corrected chi connectivity index (χ2v) is 6.13. The van der Waals surface area contributed by atoms with E-state index in [-0.39, 0.29) is 5.91 Å². The number of hydrogen-bond donors (Lipinski definition) is 1. The van der Waals surface area contributed by atoms with Crippen LogP contribution in [-0.4, -0.2) is 17.4 Å². The maximum Gasteiger partial charge on any atom is 0.280 e. The standard InChI is InChI=1S/C14H12N2OS2/c17-13(15-8-7-10-4-3-9-18-10)14-16-11-5-1-2-6-12(11)19-14/h1-6,9H,7-8H2,(H,15,17). The normalized spacial score (nSPS) is 10.7. The number of nitrogens with zero attached hydrogens (tertiary/aromatic N) is 1. The summed E-state index contributed by atoms with van der Waals surface area (Å²) in [6, 6.07) is 11.9. The van der Waals surface area contributed by atoms with Crippen LogP contribution in [0.15, 0.2) is 41.8 Å². The van der Waals surface area contributed by atoms with Crippen LogP contribution in [0.5, 0.6) is 0 Å². The van der Waals surface area contributed by atoms with Crippen LogP contribution < -0.4 is 5.32 Å². The van der Waals surface area contributed by atoms with Crippen LogP contribution in [0.4, 0.5) is 0 Å². The van der Waals surface area contributed by atoms with E-state index < -0.39 is 0 Å². The molecule has 3 aromatic rings. The van der Waals surface area contributed by atoms with Gasteiger partial charge in [-0.3, -0.25) is 4.79 Å². The Hall–Kier alpha value is -1.72. The highest BCUT2D eigenvalue weighted by Crippen LogP contribution is 2.21. The summed E-state index contributed by atoms with van der Waals surface area (Å²) in [5, 5.41) is 5.49. The van der Waals surface area contributed by atoms with Crippen LogP contribution in [0.3, 0.4) is 0 Å². The van der Waals surface area contributed by atoms with Gasteiger partial charge >= 0.3 is 0 Å². The monoisotopic (exact) mass is 288 g/mol. The number of rotatable bonds is 4. The maximum atomic E-state index is 12.0. The van der Waals surface area contributed by atoms with Gasteiger partial charge in [-0.15, -0.1) is 22.7 Å². The highest BCUT2D eigenvalue weighted by atomic mass is 32.1. The Morgan fingerprint density at radius 1 is 1.21 bits per heavy atom. The van der Waals surface area contributed by atoms with E-state index >= 15 is 0 Å². The number of aromatic nitrogens is 1. The van der Waals surface area contributed by atoms with E-state index in [9.17, 15) is 4.79 Å². The third-order valence-corrected chi connectivity index (χ3v) is 4.70. The van der Waals surface area contributed by atoms with E-state index in [2.05, 4.69) is 16.4 Å². The number of thiazole rings is 1. The molecule has 0 saturated carbocycles. The average Bonchev–Trinajstić information content (AvgIpc) is 3.07. The van der Waals surface area contributed by atoms with Crippen molar-refractivity contribution < 1.29 is 4.79 Å². The molecular formula is C14H12N2OS2. The molecule has 19 heavy (non-hydrogen) atoms. The van der Waals surface area contributed by atoms with Gasteiger partial charge in [-0.05, 0) is 30.0 Å². The molecule has 0 fully saturated rings. The van der Waals surface area contributed by atoms with Crippen molar-refractivity contribution in [3.63, 3.8) is 0 Å². The molecule has 2 heterocycles. The van der Waals surface area contributed by atoms with Gasteiger partial charge in [0.25, 0.3) is 5.91 Å². The van der Waals surface area contributed by atoms with Crippen molar-refractivity contribution in [1.82, 2.24) is 10.3 Å². The molecule has 0 bridgehead atoms. The summed E-state index contributed by atoms with van der Waals surface area (Å²) in [4.78, 5) is 17.6. The second-order valence-electron chi connectivity index (χ2n) is 4.07. The molecule has 1 amide bonds. The summed E-state index contributed by atoms with van der Waals surface area (Å²) < 4.78 is 1.05. The SMILES string of the molecule is O=C(NCCc1cccs1)c1nc2ccccc2s1. The van der Waals surface area contributed by atoms with Crippen LogP contribution in [-0.2, 0) is 6.42 Å². The van der Waals surface area contributed by atoms with Crippen molar-refractivity contribution in [2.45, 2.75) is 6.42 Å². The highest BCUT2D eigenvalue weighted by molar-refractivity contribution is 7.20. The molecule has 2 aromatic heterocycles. The molecule has 0 aliphatic heterocycles. The number of thiophene rings is 1. The van der Waals surface area contributed by atoms with Crippen molar-refractivity contribution >= 4 is 38.8 Å². The van der Waals surface area contributed by atoms with E-state index in [1.165, 1.54) is 16.2 Å². The minimum absolute atomic E-state index is 0.0854.